The lowest BCUT2D eigenvalue weighted by Crippen LogP contribution is -2.57. The van der Waals surface area contributed by atoms with Gasteiger partial charge in [0.05, 0.1) is 13.2 Å². The van der Waals surface area contributed by atoms with Gasteiger partial charge in [-0.3, -0.25) is 4.99 Å². The third-order valence-corrected chi connectivity index (χ3v) is 5.49. The van der Waals surface area contributed by atoms with E-state index >= 15 is 0 Å². The number of guanidine groups is 1. The summed E-state index contributed by atoms with van der Waals surface area (Å²) in [4.78, 5) is 6.69. The molecule has 0 atom stereocenters. The molecule has 1 aromatic rings. The molecule has 0 aliphatic carbocycles. The first-order valence-corrected chi connectivity index (χ1v) is 10.6. The molecule has 172 valence electrons. The maximum absolute atomic E-state index is 5.72. The number of ether oxygens (including phenoxy) is 3. The molecule has 1 saturated heterocycles. The second kappa shape index (κ2) is 13.9. The molecule has 0 aromatic heterocycles. The summed E-state index contributed by atoms with van der Waals surface area (Å²) in [6, 6.07) is 6.15. The first-order valence-electron chi connectivity index (χ1n) is 10.6. The molecule has 1 fully saturated rings. The predicted octanol–water partition coefficient (Wildman–Crippen LogP) is 2.92. The molecule has 0 bridgehead atoms. The molecule has 1 aliphatic rings. The Labute approximate surface area is 199 Å². The van der Waals surface area contributed by atoms with Crippen molar-refractivity contribution in [1.82, 2.24) is 15.5 Å². The zero-order chi connectivity index (χ0) is 21.1. The number of rotatable bonds is 10. The van der Waals surface area contributed by atoms with Gasteiger partial charge >= 0.3 is 0 Å². The van der Waals surface area contributed by atoms with Crippen LogP contribution in [0, 0.1) is 0 Å². The molecule has 2 N–H and O–H groups in total. The fraction of sp³-hybridized carbons (Fsp3) is 0.682. The highest BCUT2D eigenvalue weighted by Crippen LogP contribution is 2.28. The van der Waals surface area contributed by atoms with Crippen molar-refractivity contribution in [1.29, 1.82) is 0 Å². The highest BCUT2D eigenvalue weighted by molar-refractivity contribution is 14.0. The monoisotopic (exact) mass is 534 g/mol. The Morgan fingerprint density at radius 2 is 1.77 bits per heavy atom. The minimum absolute atomic E-state index is 0. The Balaban J connectivity index is 0.00000450. The number of nitrogens with one attached hydrogen (secondary N) is 2. The van der Waals surface area contributed by atoms with Crippen LogP contribution in [-0.4, -0.2) is 77.1 Å². The number of hydrogen-bond acceptors (Lipinski definition) is 5. The number of aliphatic imine (C=N–C) groups is 1. The molecule has 8 heteroatoms. The molecule has 1 heterocycles. The molecule has 0 saturated carbocycles. The predicted molar refractivity (Wildman–Crippen MR) is 134 cm³/mol. The molecular weight excluding hydrogens is 495 g/mol. The van der Waals surface area contributed by atoms with Gasteiger partial charge in [0.1, 0.15) is 0 Å². The van der Waals surface area contributed by atoms with Gasteiger partial charge in [0.2, 0.25) is 0 Å². The van der Waals surface area contributed by atoms with E-state index in [9.17, 15) is 0 Å². The molecule has 0 unspecified atom stereocenters. The maximum atomic E-state index is 5.72. The zero-order valence-electron chi connectivity index (χ0n) is 19.1. The minimum Gasteiger partial charge on any atom is -0.490 e. The van der Waals surface area contributed by atoms with Crippen LogP contribution in [0.2, 0.25) is 0 Å². The number of nitrogens with zero attached hydrogens (tertiary/aromatic N) is 2. The van der Waals surface area contributed by atoms with E-state index in [4.69, 9.17) is 14.2 Å². The first-order chi connectivity index (χ1) is 14.0. The zero-order valence-corrected chi connectivity index (χ0v) is 21.5. The van der Waals surface area contributed by atoms with E-state index in [1.54, 1.807) is 0 Å². The normalized spacial score (nSPS) is 16.0. The Bertz CT molecular complexity index is 649. The fourth-order valence-electron chi connectivity index (χ4n) is 3.58. The molecule has 0 spiro atoms. The van der Waals surface area contributed by atoms with Gasteiger partial charge in [0.15, 0.2) is 17.5 Å². The quantitative estimate of drug-likeness (QED) is 0.274. The summed E-state index contributed by atoms with van der Waals surface area (Å²) in [6.07, 6.45) is 2.92. The molecule has 1 aromatic carbocycles. The average Bonchev–Trinajstić information content (AvgIpc) is 2.73. The molecule has 2 rings (SSSR count). The Morgan fingerprint density at radius 3 is 2.37 bits per heavy atom. The van der Waals surface area contributed by atoms with Gasteiger partial charge in [-0.15, -0.1) is 24.0 Å². The first kappa shape index (κ1) is 26.8. The van der Waals surface area contributed by atoms with Crippen molar-refractivity contribution in [3.8, 4) is 11.5 Å². The number of likely N-dealkylation sites (N-methyl/N-ethyl adjacent to an activating group) is 1. The van der Waals surface area contributed by atoms with Crippen LogP contribution in [-0.2, 0) is 11.2 Å². The van der Waals surface area contributed by atoms with E-state index < -0.39 is 0 Å². The van der Waals surface area contributed by atoms with Gasteiger partial charge in [-0.25, -0.2) is 0 Å². The second-order valence-electron chi connectivity index (χ2n) is 7.48. The summed E-state index contributed by atoms with van der Waals surface area (Å²) in [7, 11) is 6.10. The lowest BCUT2D eigenvalue weighted by atomic mass is 9.88. The lowest BCUT2D eigenvalue weighted by Gasteiger charge is -2.43. The van der Waals surface area contributed by atoms with E-state index in [1.807, 2.05) is 27.0 Å². The van der Waals surface area contributed by atoms with Gasteiger partial charge < -0.3 is 29.7 Å². The SMILES string of the molecule is CCOc1ccc(CCNC(=NC)NCC2(N(C)C)CCOCC2)cc1OCC.I. The standard InChI is InChI=1S/C22H38N4O3.HI/c1-6-28-19-9-8-18(16-20(19)29-7-2)10-13-24-21(23-3)25-17-22(26(4)5)11-14-27-15-12-22;/h8-9,16H,6-7,10-15,17H2,1-5H3,(H2,23,24,25);1H. The summed E-state index contributed by atoms with van der Waals surface area (Å²) in [5, 5.41) is 6.92. The maximum Gasteiger partial charge on any atom is 0.191 e. The Morgan fingerprint density at radius 1 is 1.10 bits per heavy atom. The molecule has 0 radical (unpaired) electrons. The van der Waals surface area contributed by atoms with Crippen molar-refractivity contribution < 1.29 is 14.2 Å². The highest BCUT2D eigenvalue weighted by Gasteiger charge is 2.34. The summed E-state index contributed by atoms with van der Waals surface area (Å²) in [5.41, 5.74) is 1.31. The highest BCUT2D eigenvalue weighted by atomic mass is 127. The third kappa shape index (κ3) is 7.77. The van der Waals surface area contributed by atoms with Gasteiger partial charge in [-0.2, -0.15) is 0 Å². The third-order valence-electron chi connectivity index (χ3n) is 5.49. The summed E-state index contributed by atoms with van der Waals surface area (Å²) in [6.45, 7) is 8.47. The van der Waals surface area contributed by atoms with Gasteiger partial charge in [0.25, 0.3) is 0 Å². The summed E-state index contributed by atoms with van der Waals surface area (Å²) in [5.74, 6) is 2.43. The van der Waals surface area contributed by atoms with Crippen molar-refractivity contribution in [3.05, 3.63) is 23.8 Å². The van der Waals surface area contributed by atoms with E-state index in [2.05, 4.69) is 46.8 Å². The Kier molecular flexibility index (Phi) is 12.4. The molecule has 7 nitrogen and oxygen atoms in total. The van der Waals surface area contributed by atoms with Crippen LogP contribution in [0.15, 0.2) is 23.2 Å². The van der Waals surface area contributed by atoms with Crippen LogP contribution in [0.25, 0.3) is 0 Å². The van der Waals surface area contributed by atoms with E-state index in [-0.39, 0.29) is 29.5 Å². The van der Waals surface area contributed by atoms with Crippen LogP contribution in [0.4, 0.5) is 0 Å². The van der Waals surface area contributed by atoms with Gasteiger partial charge in [-0.1, -0.05) is 6.07 Å². The van der Waals surface area contributed by atoms with Crippen LogP contribution >= 0.6 is 24.0 Å². The lowest BCUT2D eigenvalue weighted by molar-refractivity contribution is -0.00501. The molecular formula is C22H39IN4O3. The van der Waals surface area contributed by atoms with Crippen molar-refractivity contribution in [2.45, 2.75) is 38.6 Å². The van der Waals surface area contributed by atoms with Crippen molar-refractivity contribution in [2.75, 3.05) is 60.7 Å². The van der Waals surface area contributed by atoms with E-state index in [0.29, 0.717) is 13.2 Å². The van der Waals surface area contributed by atoms with Crippen LogP contribution in [0.1, 0.15) is 32.3 Å². The molecule has 30 heavy (non-hydrogen) atoms. The fourth-order valence-corrected chi connectivity index (χ4v) is 3.58. The van der Waals surface area contributed by atoms with E-state index in [0.717, 1.165) is 63.0 Å². The van der Waals surface area contributed by atoms with Crippen molar-refractivity contribution in [2.24, 2.45) is 4.99 Å². The van der Waals surface area contributed by atoms with Crippen LogP contribution < -0.4 is 20.1 Å². The molecule has 0 amide bonds. The largest absolute Gasteiger partial charge is 0.490 e. The van der Waals surface area contributed by atoms with Crippen LogP contribution in [0.3, 0.4) is 0 Å². The topological polar surface area (TPSA) is 67.4 Å². The van der Waals surface area contributed by atoms with Crippen LogP contribution in [0.5, 0.6) is 11.5 Å². The minimum atomic E-state index is 0. The summed E-state index contributed by atoms with van der Waals surface area (Å²) >= 11 is 0. The van der Waals surface area contributed by atoms with Crippen molar-refractivity contribution >= 4 is 29.9 Å². The molecule has 1 aliphatic heterocycles. The smallest absolute Gasteiger partial charge is 0.191 e. The van der Waals surface area contributed by atoms with Gasteiger partial charge in [-0.05, 0) is 64.9 Å². The van der Waals surface area contributed by atoms with Gasteiger partial charge in [0, 0.05) is 38.9 Å². The Hall–Kier alpha value is -1.26. The average molecular weight is 534 g/mol. The van der Waals surface area contributed by atoms with Crippen molar-refractivity contribution in [3.63, 3.8) is 0 Å². The second-order valence-corrected chi connectivity index (χ2v) is 7.48. The summed E-state index contributed by atoms with van der Waals surface area (Å²) < 4.78 is 16.9. The number of hydrogen-bond donors (Lipinski definition) is 2. The number of benzene rings is 1. The van der Waals surface area contributed by atoms with E-state index in [1.165, 1.54) is 5.56 Å². The number of halogens is 1.